The van der Waals surface area contributed by atoms with Crippen LogP contribution in [-0.4, -0.2) is 81.0 Å². The van der Waals surface area contributed by atoms with E-state index in [1.165, 1.54) is 0 Å². The van der Waals surface area contributed by atoms with Gasteiger partial charge in [0.25, 0.3) is 5.91 Å². The first-order valence-electron chi connectivity index (χ1n) is 10.7. The molecule has 0 aliphatic rings. The lowest BCUT2D eigenvalue weighted by Gasteiger charge is -2.24. The summed E-state index contributed by atoms with van der Waals surface area (Å²) in [5.41, 5.74) is 1.98. The molecule has 31 heavy (non-hydrogen) atoms. The molecular weight excluding hydrogens is 390 g/mol. The van der Waals surface area contributed by atoms with Gasteiger partial charge in [0.2, 0.25) is 0 Å². The van der Waals surface area contributed by atoms with Crippen molar-refractivity contribution in [1.82, 2.24) is 14.7 Å². The second-order valence-corrected chi connectivity index (χ2v) is 8.13. The van der Waals surface area contributed by atoms with Gasteiger partial charge in [-0.15, -0.1) is 0 Å². The number of rotatable bonds is 11. The van der Waals surface area contributed by atoms with Crippen LogP contribution in [0, 0.1) is 0 Å². The molecule has 0 saturated carbocycles. The fourth-order valence-corrected chi connectivity index (χ4v) is 3.16. The molecule has 0 saturated heterocycles. The summed E-state index contributed by atoms with van der Waals surface area (Å²) in [6.07, 6.45) is 1.86. The van der Waals surface area contributed by atoms with Gasteiger partial charge in [-0.1, -0.05) is 18.2 Å². The van der Waals surface area contributed by atoms with Gasteiger partial charge in [-0.25, -0.2) is 4.79 Å². The van der Waals surface area contributed by atoms with Crippen LogP contribution in [0.4, 0.5) is 16.2 Å². The Kier molecular flexibility index (Phi) is 10.00. The highest BCUT2D eigenvalue weighted by Crippen LogP contribution is 2.14. The summed E-state index contributed by atoms with van der Waals surface area (Å²) < 4.78 is 0. The van der Waals surface area contributed by atoms with Crippen LogP contribution >= 0.6 is 0 Å². The summed E-state index contributed by atoms with van der Waals surface area (Å²) in [5.74, 6) is 0.0257. The van der Waals surface area contributed by atoms with E-state index in [1.54, 1.807) is 24.3 Å². The van der Waals surface area contributed by atoms with Crippen molar-refractivity contribution in [3.05, 3.63) is 60.2 Å². The van der Waals surface area contributed by atoms with Crippen molar-refractivity contribution >= 4 is 23.3 Å². The SMILES string of the molecule is CN(C)CCCN(CCCN(C)C)C(=O)c1ccc(NC(=O)Nc2ccccc2)cc1. The van der Waals surface area contributed by atoms with Gasteiger partial charge in [-0.05, 0) is 90.5 Å². The lowest BCUT2D eigenvalue weighted by atomic mass is 10.1. The van der Waals surface area contributed by atoms with Gasteiger partial charge >= 0.3 is 6.03 Å². The Bertz CT molecular complexity index is 792. The Hall–Kier alpha value is -2.90. The van der Waals surface area contributed by atoms with Gasteiger partial charge in [-0.3, -0.25) is 4.79 Å². The molecular formula is C24H35N5O2. The molecule has 0 heterocycles. The van der Waals surface area contributed by atoms with Crippen LogP contribution in [0.5, 0.6) is 0 Å². The monoisotopic (exact) mass is 425 g/mol. The number of urea groups is 1. The number of carbonyl (C=O) groups excluding carboxylic acids is 2. The zero-order valence-electron chi connectivity index (χ0n) is 19.1. The van der Waals surface area contributed by atoms with Crippen molar-refractivity contribution in [2.24, 2.45) is 0 Å². The van der Waals surface area contributed by atoms with Crippen LogP contribution in [-0.2, 0) is 0 Å². The van der Waals surface area contributed by atoms with Crippen LogP contribution in [0.25, 0.3) is 0 Å². The molecule has 3 amide bonds. The number of anilines is 2. The van der Waals surface area contributed by atoms with E-state index in [-0.39, 0.29) is 11.9 Å². The lowest BCUT2D eigenvalue weighted by Crippen LogP contribution is -2.35. The number of nitrogens with zero attached hydrogens (tertiary/aromatic N) is 3. The first-order chi connectivity index (χ1) is 14.8. The van der Waals surface area contributed by atoms with Gasteiger partial charge in [0.05, 0.1) is 0 Å². The minimum atomic E-state index is -0.320. The number of hydrogen-bond acceptors (Lipinski definition) is 4. The first-order valence-corrected chi connectivity index (χ1v) is 10.7. The van der Waals surface area contributed by atoms with E-state index in [1.807, 2.05) is 63.4 Å². The molecule has 0 bridgehead atoms. The Morgan fingerprint density at radius 1 is 0.677 bits per heavy atom. The van der Waals surface area contributed by atoms with E-state index < -0.39 is 0 Å². The first kappa shape index (κ1) is 24.4. The molecule has 7 heteroatoms. The summed E-state index contributed by atoms with van der Waals surface area (Å²) in [5, 5.41) is 5.57. The van der Waals surface area contributed by atoms with Crippen molar-refractivity contribution in [3.63, 3.8) is 0 Å². The number of para-hydroxylation sites is 1. The third kappa shape index (κ3) is 9.19. The number of nitrogens with one attached hydrogen (secondary N) is 2. The van der Waals surface area contributed by atoms with E-state index in [4.69, 9.17) is 0 Å². The standard InChI is InChI=1S/C24H35N5O2/c1-27(2)16-8-18-29(19-9-17-28(3)4)23(30)20-12-14-22(15-13-20)26-24(31)25-21-10-6-5-7-11-21/h5-7,10-15H,8-9,16-19H2,1-4H3,(H2,25,26,31). The van der Waals surface area contributed by atoms with Gasteiger partial charge in [0.15, 0.2) is 0 Å². The van der Waals surface area contributed by atoms with E-state index in [0.717, 1.165) is 44.7 Å². The summed E-state index contributed by atoms with van der Waals surface area (Å²) in [4.78, 5) is 31.4. The Morgan fingerprint density at radius 2 is 1.16 bits per heavy atom. The molecule has 0 aromatic heterocycles. The van der Waals surface area contributed by atoms with Crippen molar-refractivity contribution in [2.45, 2.75) is 12.8 Å². The van der Waals surface area contributed by atoms with Crippen molar-refractivity contribution in [2.75, 3.05) is 65.0 Å². The highest BCUT2D eigenvalue weighted by Gasteiger charge is 2.16. The zero-order valence-corrected chi connectivity index (χ0v) is 19.1. The number of amides is 3. The third-order valence-corrected chi connectivity index (χ3v) is 4.78. The molecule has 2 rings (SSSR count). The predicted molar refractivity (Wildman–Crippen MR) is 128 cm³/mol. The Labute approximate surface area is 186 Å². The maximum atomic E-state index is 13.1. The molecule has 0 radical (unpaired) electrons. The third-order valence-electron chi connectivity index (χ3n) is 4.78. The second kappa shape index (κ2) is 12.7. The van der Waals surface area contributed by atoms with Gasteiger partial charge < -0.3 is 25.3 Å². The average Bonchev–Trinajstić information content (AvgIpc) is 2.73. The Morgan fingerprint density at radius 3 is 1.65 bits per heavy atom. The molecule has 168 valence electrons. The van der Waals surface area contributed by atoms with Crippen LogP contribution in [0.1, 0.15) is 23.2 Å². The van der Waals surface area contributed by atoms with Gasteiger partial charge in [0, 0.05) is 30.0 Å². The van der Waals surface area contributed by atoms with Crippen LogP contribution in [0.2, 0.25) is 0 Å². The number of hydrogen-bond donors (Lipinski definition) is 2. The topological polar surface area (TPSA) is 67.9 Å². The van der Waals surface area contributed by atoms with Crippen LogP contribution in [0.15, 0.2) is 54.6 Å². The van der Waals surface area contributed by atoms with E-state index in [2.05, 4.69) is 20.4 Å². The molecule has 0 aliphatic carbocycles. The van der Waals surface area contributed by atoms with Crippen LogP contribution in [0.3, 0.4) is 0 Å². The van der Waals surface area contributed by atoms with Crippen molar-refractivity contribution in [1.29, 1.82) is 0 Å². The summed E-state index contributed by atoms with van der Waals surface area (Å²) in [6.45, 7) is 3.33. The minimum absolute atomic E-state index is 0.0257. The molecule has 0 spiro atoms. The fourth-order valence-electron chi connectivity index (χ4n) is 3.16. The average molecular weight is 426 g/mol. The van der Waals surface area contributed by atoms with Crippen molar-refractivity contribution in [3.8, 4) is 0 Å². The summed E-state index contributed by atoms with van der Waals surface area (Å²) in [6, 6.07) is 16.0. The molecule has 2 aromatic rings. The molecule has 7 nitrogen and oxygen atoms in total. The van der Waals surface area contributed by atoms with Gasteiger partial charge in [-0.2, -0.15) is 0 Å². The van der Waals surface area contributed by atoms with Crippen LogP contribution < -0.4 is 10.6 Å². The largest absolute Gasteiger partial charge is 0.339 e. The highest BCUT2D eigenvalue weighted by molar-refractivity contribution is 6.00. The van der Waals surface area contributed by atoms with Gasteiger partial charge in [0.1, 0.15) is 0 Å². The minimum Gasteiger partial charge on any atom is -0.339 e. The molecule has 0 unspecified atom stereocenters. The zero-order chi connectivity index (χ0) is 22.6. The smallest absolute Gasteiger partial charge is 0.323 e. The number of carbonyl (C=O) groups is 2. The maximum absolute atomic E-state index is 13.1. The summed E-state index contributed by atoms with van der Waals surface area (Å²) >= 11 is 0. The summed E-state index contributed by atoms with van der Waals surface area (Å²) in [7, 11) is 8.16. The predicted octanol–water partition coefficient (Wildman–Crippen LogP) is 3.68. The lowest BCUT2D eigenvalue weighted by molar-refractivity contribution is 0.0744. The molecule has 0 atom stereocenters. The fraction of sp³-hybridized carbons (Fsp3) is 0.417. The normalized spacial score (nSPS) is 10.9. The Balaban J connectivity index is 1.95. The number of benzene rings is 2. The molecule has 0 fully saturated rings. The van der Waals surface area contributed by atoms with E-state index in [0.29, 0.717) is 11.3 Å². The van der Waals surface area contributed by atoms with E-state index >= 15 is 0 Å². The molecule has 2 aromatic carbocycles. The second-order valence-electron chi connectivity index (χ2n) is 8.13. The van der Waals surface area contributed by atoms with E-state index in [9.17, 15) is 9.59 Å². The maximum Gasteiger partial charge on any atom is 0.323 e. The highest BCUT2D eigenvalue weighted by atomic mass is 16.2. The molecule has 2 N–H and O–H groups in total. The van der Waals surface area contributed by atoms with Crippen molar-refractivity contribution < 1.29 is 9.59 Å². The quantitative estimate of drug-likeness (QED) is 0.576. The molecule has 0 aliphatic heterocycles.